The van der Waals surface area contributed by atoms with Crippen molar-refractivity contribution in [3.05, 3.63) is 66.6 Å². The van der Waals surface area contributed by atoms with E-state index in [9.17, 15) is 4.79 Å². The Balaban J connectivity index is 1.94. The molecule has 0 saturated carbocycles. The lowest BCUT2D eigenvalue weighted by Gasteiger charge is -2.13. The van der Waals surface area contributed by atoms with Gasteiger partial charge in [0.25, 0.3) is 0 Å². The molecule has 3 N–H and O–H groups in total. The van der Waals surface area contributed by atoms with Gasteiger partial charge in [0.2, 0.25) is 5.91 Å². The summed E-state index contributed by atoms with van der Waals surface area (Å²) in [5.41, 5.74) is 7.49. The van der Waals surface area contributed by atoms with Gasteiger partial charge in [0.1, 0.15) is 17.8 Å². The molecule has 7 heteroatoms. The molecule has 0 aliphatic carbocycles. The zero-order valence-corrected chi connectivity index (χ0v) is 13.0. The van der Waals surface area contributed by atoms with Gasteiger partial charge >= 0.3 is 0 Å². The van der Waals surface area contributed by atoms with E-state index in [4.69, 9.17) is 10.5 Å². The van der Waals surface area contributed by atoms with E-state index in [0.717, 1.165) is 0 Å². The van der Waals surface area contributed by atoms with Crippen molar-refractivity contribution in [1.29, 1.82) is 0 Å². The van der Waals surface area contributed by atoms with Crippen molar-refractivity contribution in [3.63, 3.8) is 0 Å². The van der Waals surface area contributed by atoms with Crippen LogP contribution in [0.2, 0.25) is 0 Å². The van der Waals surface area contributed by atoms with Gasteiger partial charge < -0.3 is 10.5 Å². The predicted octanol–water partition coefficient (Wildman–Crippen LogP) is 2.91. The smallest absolute Gasteiger partial charge is 0.249 e. The summed E-state index contributed by atoms with van der Waals surface area (Å²) < 4.78 is 5.98. The van der Waals surface area contributed by atoms with E-state index < -0.39 is 5.91 Å². The highest BCUT2D eigenvalue weighted by Gasteiger charge is 2.20. The van der Waals surface area contributed by atoms with Crippen molar-refractivity contribution in [3.8, 4) is 22.8 Å². The maximum Gasteiger partial charge on any atom is 0.249 e. The SMILES string of the molecule is NC(=O)c1cccc(Oc2ccccc2)c1-c1[nH]nc2ncncc12. The quantitative estimate of drug-likeness (QED) is 0.598. The number of hydrogen-bond acceptors (Lipinski definition) is 5. The van der Waals surface area contributed by atoms with Gasteiger partial charge in [0.05, 0.1) is 22.2 Å². The normalized spacial score (nSPS) is 10.7. The number of rotatable bonds is 4. The molecule has 0 spiro atoms. The molecule has 0 bridgehead atoms. The van der Waals surface area contributed by atoms with Crippen molar-refractivity contribution in [2.24, 2.45) is 5.73 Å². The van der Waals surface area contributed by atoms with Crippen LogP contribution in [0.1, 0.15) is 10.4 Å². The minimum absolute atomic E-state index is 0.322. The van der Waals surface area contributed by atoms with Gasteiger partial charge in [-0.2, -0.15) is 5.10 Å². The van der Waals surface area contributed by atoms with E-state index in [1.807, 2.05) is 30.3 Å². The molecular weight excluding hydrogens is 318 g/mol. The number of fused-ring (bicyclic) bond motifs is 1. The van der Waals surface area contributed by atoms with Gasteiger partial charge in [-0.3, -0.25) is 9.89 Å². The summed E-state index contributed by atoms with van der Waals surface area (Å²) >= 11 is 0. The number of ether oxygens (including phenoxy) is 1. The van der Waals surface area contributed by atoms with Crippen molar-refractivity contribution < 1.29 is 9.53 Å². The maximum absolute atomic E-state index is 12.0. The van der Waals surface area contributed by atoms with Gasteiger partial charge in [0, 0.05) is 6.20 Å². The van der Waals surface area contributed by atoms with Gasteiger partial charge in [-0.1, -0.05) is 24.3 Å². The van der Waals surface area contributed by atoms with Gasteiger partial charge in [0.15, 0.2) is 5.65 Å². The third kappa shape index (κ3) is 2.67. The monoisotopic (exact) mass is 331 g/mol. The third-order valence-corrected chi connectivity index (χ3v) is 3.75. The topological polar surface area (TPSA) is 107 Å². The summed E-state index contributed by atoms with van der Waals surface area (Å²) in [6, 6.07) is 14.4. The highest BCUT2D eigenvalue weighted by Crippen LogP contribution is 2.37. The van der Waals surface area contributed by atoms with Gasteiger partial charge in [-0.15, -0.1) is 0 Å². The molecule has 4 rings (SSSR count). The molecule has 0 aliphatic rings. The molecule has 0 unspecified atom stereocenters. The standard InChI is InChI=1S/C18H13N5O2/c19-17(24)12-7-4-8-14(25-11-5-2-1-3-6-11)15(12)16-13-9-20-10-21-18(13)23-22-16/h1-10H,(H2,19,24)(H,20,21,22,23). The summed E-state index contributed by atoms with van der Waals surface area (Å²) in [6.45, 7) is 0. The number of nitrogens with two attached hydrogens (primary N) is 1. The van der Waals surface area contributed by atoms with Crippen LogP contribution in [0.15, 0.2) is 61.1 Å². The zero-order valence-electron chi connectivity index (χ0n) is 13.0. The van der Waals surface area contributed by atoms with Crippen LogP contribution >= 0.6 is 0 Å². The Hall–Kier alpha value is -3.74. The molecule has 2 aromatic carbocycles. The average Bonchev–Trinajstić information content (AvgIpc) is 3.06. The van der Waals surface area contributed by atoms with E-state index >= 15 is 0 Å². The number of para-hydroxylation sites is 1. The Morgan fingerprint density at radius 3 is 2.72 bits per heavy atom. The van der Waals surface area contributed by atoms with Crippen molar-refractivity contribution in [2.75, 3.05) is 0 Å². The fraction of sp³-hybridized carbons (Fsp3) is 0. The van der Waals surface area contributed by atoms with Crippen LogP contribution in [-0.2, 0) is 0 Å². The lowest BCUT2D eigenvalue weighted by Crippen LogP contribution is -2.13. The minimum atomic E-state index is -0.562. The highest BCUT2D eigenvalue weighted by atomic mass is 16.5. The number of aromatic amines is 1. The number of benzene rings is 2. The molecule has 0 fully saturated rings. The first kappa shape index (κ1) is 14.8. The molecule has 7 nitrogen and oxygen atoms in total. The van der Waals surface area contributed by atoms with Crippen LogP contribution in [0, 0.1) is 0 Å². The van der Waals surface area contributed by atoms with Crippen LogP contribution in [0.4, 0.5) is 0 Å². The Bertz CT molecular complexity index is 1060. The Morgan fingerprint density at radius 2 is 1.92 bits per heavy atom. The molecule has 0 aliphatic heterocycles. The van der Waals surface area contributed by atoms with Crippen LogP contribution in [0.5, 0.6) is 11.5 Å². The molecule has 0 saturated heterocycles. The number of amides is 1. The molecule has 0 atom stereocenters. The highest BCUT2D eigenvalue weighted by molar-refractivity contribution is 6.05. The molecule has 122 valence electrons. The van der Waals surface area contributed by atoms with E-state index in [0.29, 0.717) is 39.4 Å². The first-order valence-electron chi connectivity index (χ1n) is 7.54. The van der Waals surface area contributed by atoms with Crippen molar-refractivity contribution in [1.82, 2.24) is 20.2 Å². The Labute approximate surface area is 142 Å². The number of carbonyl (C=O) groups is 1. The van der Waals surface area contributed by atoms with E-state index in [2.05, 4.69) is 20.2 Å². The first-order valence-corrected chi connectivity index (χ1v) is 7.54. The third-order valence-electron chi connectivity index (χ3n) is 3.75. The lowest BCUT2D eigenvalue weighted by atomic mass is 10.0. The van der Waals surface area contributed by atoms with Crippen LogP contribution in [0.25, 0.3) is 22.3 Å². The zero-order chi connectivity index (χ0) is 17.2. The van der Waals surface area contributed by atoms with E-state index in [1.54, 1.807) is 24.4 Å². The fourth-order valence-corrected chi connectivity index (χ4v) is 2.64. The summed E-state index contributed by atoms with van der Waals surface area (Å²) in [5.74, 6) is 0.565. The number of hydrogen-bond donors (Lipinski definition) is 2. The van der Waals surface area contributed by atoms with E-state index in [1.165, 1.54) is 6.33 Å². The minimum Gasteiger partial charge on any atom is -0.457 e. The Morgan fingerprint density at radius 1 is 1.08 bits per heavy atom. The summed E-state index contributed by atoms with van der Waals surface area (Å²) in [5, 5.41) is 7.75. The van der Waals surface area contributed by atoms with E-state index in [-0.39, 0.29) is 0 Å². The van der Waals surface area contributed by atoms with Gasteiger partial charge in [-0.05, 0) is 24.3 Å². The molecular formula is C18H13N5O2. The van der Waals surface area contributed by atoms with Crippen molar-refractivity contribution in [2.45, 2.75) is 0 Å². The van der Waals surface area contributed by atoms with Crippen LogP contribution in [0.3, 0.4) is 0 Å². The van der Waals surface area contributed by atoms with Crippen LogP contribution in [-0.4, -0.2) is 26.1 Å². The molecule has 25 heavy (non-hydrogen) atoms. The first-order chi connectivity index (χ1) is 12.2. The Kier molecular flexibility index (Phi) is 3.59. The maximum atomic E-state index is 12.0. The molecule has 1 amide bonds. The summed E-state index contributed by atoms with van der Waals surface area (Å²) in [4.78, 5) is 20.1. The summed E-state index contributed by atoms with van der Waals surface area (Å²) in [6.07, 6.45) is 3.04. The second kappa shape index (κ2) is 6.04. The average molecular weight is 331 g/mol. The number of aromatic nitrogens is 4. The number of primary amides is 1. The second-order valence-electron chi connectivity index (χ2n) is 5.32. The molecule has 4 aromatic rings. The number of nitrogens with one attached hydrogen (secondary N) is 1. The largest absolute Gasteiger partial charge is 0.457 e. The fourth-order valence-electron chi connectivity index (χ4n) is 2.64. The molecule has 2 aromatic heterocycles. The second-order valence-corrected chi connectivity index (χ2v) is 5.32. The molecule has 2 heterocycles. The lowest BCUT2D eigenvalue weighted by molar-refractivity contribution is 0.100. The number of nitrogens with zero attached hydrogens (tertiary/aromatic N) is 3. The predicted molar refractivity (Wildman–Crippen MR) is 92.2 cm³/mol. The van der Waals surface area contributed by atoms with Gasteiger partial charge in [-0.25, -0.2) is 9.97 Å². The summed E-state index contributed by atoms with van der Waals surface area (Å²) in [7, 11) is 0. The van der Waals surface area contributed by atoms with Crippen molar-refractivity contribution >= 4 is 16.9 Å². The number of carbonyl (C=O) groups excluding carboxylic acids is 1. The van der Waals surface area contributed by atoms with Crippen LogP contribution < -0.4 is 10.5 Å². The number of H-pyrrole nitrogens is 1. The molecule has 0 radical (unpaired) electrons.